The summed E-state index contributed by atoms with van der Waals surface area (Å²) < 4.78 is 5.42. The lowest BCUT2D eigenvalue weighted by Crippen LogP contribution is -2.42. The molecule has 1 unspecified atom stereocenters. The second-order valence-corrected chi connectivity index (χ2v) is 7.32. The number of likely N-dealkylation sites (N-methyl/N-ethyl adjacent to an activating group) is 2. The minimum atomic E-state index is 0. The number of guanidine groups is 1. The Kier molecular flexibility index (Phi) is 10.4. The van der Waals surface area contributed by atoms with Gasteiger partial charge < -0.3 is 19.9 Å². The molecule has 0 spiro atoms. The van der Waals surface area contributed by atoms with E-state index in [0.29, 0.717) is 5.92 Å². The van der Waals surface area contributed by atoms with Crippen molar-refractivity contribution in [2.75, 3.05) is 54.0 Å². The van der Waals surface area contributed by atoms with Gasteiger partial charge in [0.15, 0.2) is 5.96 Å². The monoisotopic (exact) mass is 480 g/mol. The van der Waals surface area contributed by atoms with Gasteiger partial charge in [0.05, 0.1) is 6.61 Å². The van der Waals surface area contributed by atoms with Crippen molar-refractivity contribution >= 4 is 47.2 Å². The summed E-state index contributed by atoms with van der Waals surface area (Å²) in [5, 5.41) is 5.51. The molecule has 2 heterocycles. The van der Waals surface area contributed by atoms with E-state index in [1.54, 1.807) is 30.3 Å². The number of hydrogen-bond acceptors (Lipinski definition) is 4. The number of carbonyl (C=O) groups excluding carboxylic acids is 1. The van der Waals surface area contributed by atoms with Gasteiger partial charge in [0.25, 0.3) is 0 Å². The van der Waals surface area contributed by atoms with Crippen molar-refractivity contribution in [3.63, 3.8) is 0 Å². The summed E-state index contributed by atoms with van der Waals surface area (Å²) in [6.07, 6.45) is 2.05. The van der Waals surface area contributed by atoms with Crippen molar-refractivity contribution < 1.29 is 9.53 Å². The molecule has 1 N–H and O–H groups in total. The molecule has 0 aliphatic carbocycles. The molecule has 1 aliphatic rings. The topological polar surface area (TPSA) is 57.2 Å². The second-order valence-electron chi connectivity index (χ2n) is 6.29. The lowest BCUT2D eigenvalue weighted by atomic mass is 10.1. The van der Waals surface area contributed by atoms with Crippen molar-refractivity contribution in [1.82, 2.24) is 15.1 Å². The molecule has 6 nitrogen and oxygen atoms in total. The maximum atomic E-state index is 11.8. The average molecular weight is 480 g/mol. The molecule has 1 atom stereocenters. The molecular formula is C17H29IN4O2S. The van der Waals surface area contributed by atoms with Crippen molar-refractivity contribution in [2.24, 2.45) is 10.9 Å². The zero-order chi connectivity index (χ0) is 17.4. The Morgan fingerprint density at radius 1 is 1.44 bits per heavy atom. The lowest BCUT2D eigenvalue weighted by molar-refractivity contribution is -0.127. The molecular weight excluding hydrogens is 451 g/mol. The van der Waals surface area contributed by atoms with Crippen LogP contribution in [0.1, 0.15) is 11.3 Å². The maximum Gasteiger partial charge on any atom is 0.243 e. The summed E-state index contributed by atoms with van der Waals surface area (Å²) >= 11 is 1.77. The molecule has 0 radical (unpaired) electrons. The standard InChI is InChI=1S/C17H28N4O2S.HI/c1-20(2)16(22)12-19-17(18-11-14-7-9-23-13-14)21(3)8-6-15-5-4-10-24-15;/h4-5,10,14H,6-9,11-13H2,1-3H3,(H,18,19);1H. The smallest absolute Gasteiger partial charge is 0.243 e. The van der Waals surface area contributed by atoms with Gasteiger partial charge in [-0.05, 0) is 24.3 Å². The third-order valence-corrected chi connectivity index (χ3v) is 5.01. The van der Waals surface area contributed by atoms with Crippen LogP contribution in [0.5, 0.6) is 0 Å². The highest BCUT2D eigenvalue weighted by molar-refractivity contribution is 14.0. The number of thiophene rings is 1. The molecule has 1 saturated heterocycles. The molecule has 1 aromatic heterocycles. The minimum Gasteiger partial charge on any atom is -0.381 e. The van der Waals surface area contributed by atoms with E-state index in [4.69, 9.17) is 4.74 Å². The molecule has 1 aliphatic heterocycles. The number of ether oxygens (including phenoxy) is 1. The number of amides is 1. The maximum absolute atomic E-state index is 11.8. The summed E-state index contributed by atoms with van der Waals surface area (Å²) in [4.78, 5) is 21.4. The van der Waals surface area contributed by atoms with Crippen LogP contribution in [0.15, 0.2) is 22.5 Å². The Hall–Kier alpha value is -0.870. The van der Waals surface area contributed by atoms with Gasteiger partial charge >= 0.3 is 0 Å². The Bertz CT molecular complexity index is 531. The number of carbonyl (C=O) groups is 1. The number of hydrogen-bond donors (Lipinski definition) is 1. The third-order valence-electron chi connectivity index (χ3n) is 4.07. The molecule has 142 valence electrons. The number of nitrogens with one attached hydrogen (secondary N) is 1. The molecule has 0 aromatic carbocycles. The Morgan fingerprint density at radius 3 is 2.84 bits per heavy atom. The van der Waals surface area contributed by atoms with E-state index >= 15 is 0 Å². The average Bonchev–Trinajstić information content (AvgIpc) is 3.25. The Morgan fingerprint density at radius 2 is 2.24 bits per heavy atom. The number of aliphatic imine (C=N–C) groups is 1. The highest BCUT2D eigenvalue weighted by atomic mass is 127. The quantitative estimate of drug-likeness (QED) is 0.368. The van der Waals surface area contributed by atoms with E-state index in [1.165, 1.54) is 4.88 Å². The van der Waals surface area contributed by atoms with E-state index in [9.17, 15) is 4.79 Å². The van der Waals surface area contributed by atoms with Crippen LogP contribution < -0.4 is 5.32 Å². The summed E-state index contributed by atoms with van der Waals surface area (Å²) in [5.74, 6) is 1.31. The van der Waals surface area contributed by atoms with Crippen LogP contribution in [-0.2, 0) is 16.0 Å². The number of nitrogens with zero attached hydrogens (tertiary/aromatic N) is 3. The predicted molar refractivity (Wildman–Crippen MR) is 114 cm³/mol. The van der Waals surface area contributed by atoms with E-state index in [1.807, 2.05) is 7.05 Å². The van der Waals surface area contributed by atoms with Crippen molar-refractivity contribution in [3.8, 4) is 0 Å². The van der Waals surface area contributed by atoms with Gasteiger partial charge in [-0.25, -0.2) is 4.99 Å². The zero-order valence-corrected chi connectivity index (χ0v) is 18.4. The summed E-state index contributed by atoms with van der Waals surface area (Å²) in [5.41, 5.74) is 0. The molecule has 1 amide bonds. The van der Waals surface area contributed by atoms with Gasteiger partial charge in [0.1, 0.15) is 6.54 Å². The minimum absolute atomic E-state index is 0. The fraction of sp³-hybridized carbons (Fsp3) is 0.647. The molecule has 25 heavy (non-hydrogen) atoms. The highest BCUT2D eigenvalue weighted by Gasteiger charge is 2.17. The Balaban J connectivity index is 0.00000312. The summed E-state index contributed by atoms with van der Waals surface area (Å²) in [6.45, 7) is 3.50. The first-order valence-corrected chi connectivity index (χ1v) is 9.24. The molecule has 8 heteroatoms. The van der Waals surface area contributed by atoms with Crippen molar-refractivity contribution in [2.45, 2.75) is 12.8 Å². The van der Waals surface area contributed by atoms with E-state index < -0.39 is 0 Å². The SMILES string of the molecule is CN(C)C(=O)CN=C(NCC1CCOC1)N(C)CCc1cccs1.I. The zero-order valence-electron chi connectivity index (χ0n) is 15.2. The largest absolute Gasteiger partial charge is 0.381 e. The van der Waals surface area contributed by atoms with Crippen LogP contribution in [0.4, 0.5) is 0 Å². The van der Waals surface area contributed by atoms with Crippen LogP contribution in [0.3, 0.4) is 0 Å². The normalized spacial score (nSPS) is 17.1. The molecule has 1 fully saturated rings. The van der Waals surface area contributed by atoms with Gasteiger partial charge in [0, 0.05) is 51.6 Å². The van der Waals surface area contributed by atoms with Gasteiger partial charge in [-0.2, -0.15) is 0 Å². The third kappa shape index (κ3) is 7.91. The van der Waals surface area contributed by atoms with Crippen molar-refractivity contribution in [1.29, 1.82) is 0 Å². The second kappa shape index (κ2) is 11.7. The van der Waals surface area contributed by atoms with E-state index in [-0.39, 0.29) is 36.4 Å². The highest BCUT2D eigenvalue weighted by Crippen LogP contribution is 2.11. The van der Waals surface area contributed by atoms with Crippen LogP contribution in [0.2, 0.25) is 0 Å². The molecule has 1 aromatic rings. The first-order chi connectivity index (χ1) is 11.6. The van der Waals surface area contributed by atoms with Gasteiger partial charge in [-0.1, -0.05) is 6.07 Å². The summed E-state index contributed by atoms with van der Waals surface area (Å²) in [6, 6.07) is 4.22. The lowest BCUT2D eigenvalue weighted by Gasteiger charge is -2.23. The molecule has 0 saturated carbocycles. The van der Waals surface area contributed by atoms with Crippen molar-refractivity contribution in [3.05, 3.63) is 22.4 Å². The summed E-state index contributed by atoms with van der Waals surface area (Å²) in [7, 11) is 5.52. The number of rotatable bonds is 7. The fourth-order valence-electron chi connectivity index (χ4n) is 2.41. The Labute approximate surface area is 171 Å². The van der Waals surface area contributed by atoms with Crippen LogP contribution >= 0.6 is 35.3 Å². The fourth-order valence-corrected chi connectivity index (χ4v) is 3.11. The van der Waals surface area contributed by atoms with E-state index in [2.05, 4.69) is 32.7 Å². The number of halogens is 1. The first-order valence-electron chi connectivity index (χ1n) is 8.36. The van der Waals surface area contributed by atoms with E-state index in [0.717, 1.165) is 45.1 Å². The first kappa shape index (κ1) is 22.2. The van der Waals surface area contributed by atoms with Gasteiger partial charge in [0.2, 0.25) is 5.91 Å². The molecule has 2 rings (SSSR count). The van der Waals surface area contributed by atoms with Crippen LogP contribution in [-0.4, -0.2) is 75.7 Å². The van der Waals surface area contributed by atoms with Gasteiger partial charge in [-0.15, -0.1) is 35.3 Å². The van der Waals surface area contributed by atoms with Crippen LogP contribution in [0.25, 0.3) is 0 Å². The van der Waals surface area contributed by atoms with Gasteiger partial charge in [-0.3, -0.25) is 4.79 Å². The van der Waals surface area contributed by atoms with Crippen LogP contribution in [0, 0.1) is 5.92 Å². The molecule has 0 bridgehead atoms. The predicted octanol–water partition coefficient (Wildman–Crippen LogP) is 1.91.